The Labute approximate surface area is 140 Å². The van der Waals surface area contributed by atoms with Gasteiger partial charge in [0, 0.05) is 11.8 Å². The summed E-state index contributed by atoms with van der Waals surface area (Å²) in [7, 11) is 0. The van der Waals surface area contributed by atoms with Crippen LogP contribution >= 0.6 is 0 Å². The fourth-order valence-corrected chi connectivity index (χ4v) is 3.40. The second-order valence-electron chi connectivity index (χ2n) is 6.95. The maximum atomic E-state index is 11.7. The molecule has 0 amide bonds. The molecule has 23 heavy (non-hydrogen) atoms. The van der Waals surface area contributed by atoms with Gasteiger partial charge in [0.25, 0.3) is 0 Å². The largest absolute Gasteiger partial charge is 0.392 e. The molecule has 0 unspecified atom stereocenters. The third-order valence-corrected chi connectivity index (χ3v) is 4.71. The van der Waals surface area contributed by atoms with Crippen LogP contribution in [0.15, 0.2) is 34.9 Å². The highest BCUT2D eigenvalue weighted by Crippen LogP contribution is 2.34. The summed E-state index contributed by atoms with van der Waals surface area (Å²) in [5, 5.41) is 10.7. The van der Waals surface area contributed by atoms with Crippen LogP contribution in [0.5, 0.6) is 0 Å². The highest BCUT2D eigenvalue weighted by molar-refractivity contribution is 5.81. The molecule has 0 heterocycles. The van der Waals surface area contributed by atoms with Crippen molar-refractivity contribution in [3.05, 3.63) is 34.9 Å². The van der Waals surface area contributed by atoms with Gasteiger partial charge < -0.3 is 9.90 Å². The molecule has 1 aliphatic carbocycles. The van der Waals surface area contributed by atoms with E-state index in [0.717, 1.165) is 31.0 Å². The van der Waals surface area contributed by atoms with Crippen LogP contribution in [0, 0.1) is 17.8 Å². The maximum absolute atomic E-state index is 11.7. The Morgan fingerprint density at radius 2 is 2.04 bits per heavy atom. The average molecular weight is 318 g/mol. The van der Waals surface area contributed by atoms with Gasteiger partial charge in [0.1, 0.15) is 12.6 Å². The van der Waals surface area contributed by atoms with Crippen LogP contribution in [-0.4, -0.2) is 23.8 Å². The molecule has 4 atom stereocenters. The minimum atomic E-state index is -0.607. The van der Waals surface area contributed by atoms with E-state index in [2.05, 4.69) is 26.8 Å². The Kier molecular flexibility index (Phi) is 8.18. The van der Waals surface area contributed by atoms with E-state index in [4.69, 9.17) is 0 Å². The third-order valence-electron chi connectivity index (χ3n) is 4.71. The number of rotatable bonds is 6. The first kappa shape index (κ1) is 19.6. The molecule has 3 nitrogen and oxygen atoms in total. The van der Waals surface area contributed by atoms with Gasteiger partial charge >= 0.3 is 0 Å². The summed E-state index contributed by atoms with van der Waals surface area (Å²) in [4.78, 5) is 23.1. The summed E-state index contributed by atoms with van der Waals surface area (Å²) in [6.07, 6.45) is 10.0. The van der Waals surface area contributed by atoms with Gasteiger partial charge in [0.2, 0.25) is 0 Å². The Hall–Kier alpha value is -1.48. The fraction of sp³-hybridized carbons (Fsp3) is 0.600. The minimum Gasteiger partial charge on any atom is -0.392 e. The van der Waals surface area contributed by atoms with Crippen molar-refractivity contribution in [3.63, 3.8) is 0 Å². The molecule has 0 fully saturated rings. The average Bonchev–Trinajstić information content (AvgIpc) is 2.53. The number of aliphatic hydroxyl groups excluding tert-OH is 1. The number of aliphatic hydroxyl groups is 1. The molecule has 0 aliphatic heterocycles. The zero-order chi connectivity index (χ0) is 17.4. The third kappa shape index (κ3) is 5.91. The van der Waals surface area contributed by atoms with Crippen molar-refractivity contribution in [2.75, 3.05) is 0 Å². The quantitative estimate of drug-likeness (QED) is 0.594. The Morgan fingerprint density at radius 3 is 2.61 bits per heavy atom. The lowest BCUT2D eigenvalue weighted by atomic mass is 9.73. The van der Waals surface area contributed by atoms with Gasteiger partial charge in [-0.1, -0.05) is 36.3 Å². The van der Waals surface area contributed by atoms with E-state index in [1.165, 1.54) is 5.57 Å². The van der Waals surface area contributed by atoms with Crippen LogP contribution < -0.4 is 0 Å². The van der Waals surface area contributed by atoms with Crippen LogP contribution in [0.4, 0.5) is 0 Å². The van der Waals surface area contributed by atoms with Crippen LogP contribution in [-0.2, 0) is 9.59 Å². The molecular weight excluding hydrogens is 288 g/mol. The van der Waals surface area contributed by atoms with Gasteiger partial charge in [-0.05, 0) is 57.9 Å². The van der Waals surface area contributed by atoms with Crippen molar-refractivity contribution >= 4 is 12.6 Å². The lowest BCUT2D eigenvalue weighted by Gasteiger charge is -2.33. The molecule has 1 N–H and O–H groups in total. The number of hydrogen-bond donors (Lipinski definition) is 1. The van der Waals surface area contributed by atoms with Crippen molar-refractivity contribution in [2.24, 2.45) is 17.8 Å². The molecule has 0 aromatic rings. The van der Waals surface area contributed by atoms with E-state index in [-0.39, 0.29) is 11.8 Å². The van der Waals surface area contributed by atoms with Crippen LogP contribution in [0.1, 0.15) is 53.4 Å². The predicted molar refractivity (Wildman–Crippen MR) is 94.0 cm³/mol. The molecule has 1 rings (SSSR count). The number of allylic oxidation sites excluding steroid dienone is 5. The smallest absolute Gasteiger partial charge is 0.146 e. The van der Waals surface area contributed by atoms with Gasteiger partial charge in [-0.25, -0.2) is 0 Å². The van der Waals surface area contributed by atoms with Crippen LogP contribution in [0.3, 0.4) is 0 Å². The SMILES string of the molecule is CC(C)=CCC[C@H](C)[C@H]1[C@@H](O)C/C(C)=C/C/C=C(/C=O)[C@@H]1C=O. The molecule has 0 aromatic carbocycles. The molecule has 0 bridgehead atoms. The number of carbonyl (C=O) groups excluding carboxylic acids is 2. The highest BCUT2D eigenvalue weighted by atomic mass is 16.3. The Morgan fingerprint density at radius 1 is 1.35 bits per heavy atom. The van der Waals surface area contributed by atoms with Crippen molar-refractivity contribution < 1.29 is 14.7 Å². The van der Waals surface area contributed by atoms with E-state index in [9.17, 15) is 14.7 Å². The second kappa shape index (κ2) is 9.61. The topological polar surface area (TPSA) is 54.4 Å². The molecule has 0 saturated carbocycles. The lowest BCUT2D eigenvalue weighted by Crippen LogP contribution is -2.35. The van der Waals surface area contributed by atoms with Gasteiger partial charge in [-0.15, -0.1) is 0 Å². The lowest BCUT2D eigenvalue weighted by molar-refractivity contribution is -0.116. The first-order valence-electron chi connectivity index (χ1n) is 8.48. The summed E-state index contributed by atoms with van der Waals surface area (Å²) in [6.45, 7) is 8.19. The zero-order valence-corrected chi connectivity index (χ0v) is 14.8. The molecule has 0 radical (unpaired) electrons. The first-order chi connectivity index (χ1) is 10.9. The van der Waals surface area contributed by atoms with E-state index < -0.39 is 12.0 Å². The summed E-state index contributed by atoms with van der Waals surface area (Å²) in [6, 6.07) is 0. The van der Waals surface area contributed by atoms with Gasteiger partial charge in [0.05, 0.1) is 6.10 Å². The van der Waals surface area contributed by atoms with E-state index in [0.29, 0.717) is 18.4 Å². The fourth-order valence-electron chi connectivity index (χ4n) is 3.40. The normalized spacial score (nSPS) is 31.3. The molecule has 1 aliphatic rings. The summed E-state index contributed by atoms with van der Waals surface area (Å²) in [5.74, 6) is -0.593. The molecular formula is C20H30O3. The predicted octanol–water partition coefficient (Wildman–Crippen LogP) is 4.03. The van der Waals surface area contributed by atoms with Crippen LogP contribution in [0.25, 0.3) is 0 Å². The number of aldehydes is 2. The molecule has 3 heteroatoms. The van der Waals surface area contributed by atoms with Crippen molar-refractivity contribution in [3.8, 4) is 0 Å². The molecule has 0 saturated heterocycles. The first-order valence-corrected chi connectivity index (χ1v) is 8.48. The summed E-state index contributed by atoms with van der Waals surface area (Å²) >= 11 is 0. The molecule has 128 valence electrons. The number of carbonyl (C=O) groups is 2. The van der Waals surface area contributed by atoms with Gasteiger partial charge in [-0.2, -0.15) is 0 Å². The van der Waals surface area contributed by atoms with Crippen molar-refractivity contribution in [2.45, 2.75) is 59.5 Å². The maximum Gasteiger partial charge on any atom is 0.146 e. The van der Waals surface area contributed by atoms with E-state index in [1.54, 1.807) is 0 Å². The molecule has 0 spiro atoms. The monoisotopic (exact) mass is 318 g/mol. The minimum absolute atomic E-state index is 0.157. The standard InChI is InChI=1S/C20H30O3/c1-14(2)7-5-9-16(4)20-18(13-22)17(12-21)10-6-8-15(3)11-19(20)23/h7-8,10,12-13,16,18-20,23H,5-6,9,11H2,1-4H3/b15-8+,17-10-/t16-,18-,19-,20+/m0/s1. The van der Waals surface area contributed by atoms with Crippen molar-refractivity contribution in [1.29, 1.82) is 0 Å². The highest BCUT2D eigenvalue weighted by Gasteiger charge is 2.35. The zero-order valence-electron chi connectivity index (χ0n) is 14.8. The number of hydrogen-bond acceptors (Lipinski definition) is 3. The summed E-state index contributed by atoms with van der Waals surface area (Å²) < 4.78 is 0. The van der Waals surface area contributed by atoms with Gasteiger partial charge in [0.15, 0.2) is 0 Å². The second-order valence-corrected chi connectivity index (χ2v) is 6.95. The Balaban J connectivity index is 3.07. The van der Waals surface area contributed by atoms with E-state index in [1.807, 2.05) is 19.1 Å². The van der Waals surface area contributed by atoms with E-state index >= 15 is 0 Å². The Bertz CT molecular complexity index is 495. The van der Waals surface area contributed by atoms with Crippen LogP contribution in [0.2, 0.25) is 0 Å². The summed E-state index contributed by atoms with van der Waals surface area (Å²) in [5.41, 5.74) is 2.88. The molecule has 0 aromatic heterocycles. The van der Waals surface area contributed by atoms with Gasteiger partial charge in [-0.3, -0.25) is 4.79 Å². The van der Waals surface area contributed by atoms with Crippen molar-refractivity contribution in [1.82, 2.24) is 0 Å².